The van der Waals surface area contributed by atoms with Crippen molar-refractivity contribution in [3.8, 4) is 5.75 Å². The van der Waals surface area contributed by atoms with Gasteiger partial charge in [-0.1, -0.05) is 0 Å². The summed E-state index contributed by atoms with van der Waals surface area (Å²) < 4.78 is 13.2. The Hall–Kier alpha value is -2.56. The largest absolute Gasteiger partial charge is 0.507 e. The van der Waals surface area contributed by atoms with Gasteiger partial charge in [-0.05, 0) is 55.3 Å². The van der Waals surface area contributed by atoms with E-state index < -0.39 is 11.7 Å². The summed E-state index contributed by atoms with van der Waals surface area (Å²) in [6.07, 6.45) is 0. The average molecular weight is 274 g/mol. The Morgan fingerprint density at radius 1 is 1.20 bits per heavy atom. The molecule has 4 nitrogen and oxygen atoms in total. The van der Waals surface area contributed by atoms with Gasteiger partial charge in [-0.3, -0.25) is 4.79 Å². The van der Waals surface area contributed by atoms with E-state index in [-0.39, 0.29) is 11.3 Å². The number of carbonyl (C=O) groups excluding carboxylic acids is 1. The van der Waals surface area contributed by atoms with E-state index in [1.54, 1.807) is 12.1 Å². The highest BCUT2D eigenvalue weighted by Crippen LogP contribution is 2.25. The number of hydrogen-bond donors (Lipinski definition) is 3. The molecule has 0 aliphatic rings. The molecule has 0 spiro atoms. The number of halogens is 1. The molecule has 0 radical (unpaired) electrons. The number of aromatic hydroxyl groups is 1. The van der Waals surface area contributed by atoms with Gasteiger partial charge < -0.3 is 16.2 Å². The highest BCUT2D eigenvalue weighted by Gasteiger charge is 2.14. The quantitative estimate of drug-likeness (QED) is 0.737. The highest BCUT2D eigenvalue weighted by atomic mass is 19.1. The molecule has 2 rings (SSSR count). The standard InChI is InChI=1S/C15H15FN2O2/c1-8-5-11(17)6-9(2)14(8)18-15(20)12-7-10(16)3-4-13(12)19/h3-7,19H,17H2,1-2H3,(H,18,20). The molecular weight excluding hydrogens is 259 g/mol. The number of phenolic OH excluding ortho intramolecular Hbond substituents is 1. The van der Waals surface area contributed by atoms with E-state index >= 15 is 0 Å². The lowest BCUT2D eigenvalue weighted by Gasteiger charge is -2.13. The summed E-state index contributed by atoms with van der Waals surface area (Å²) in [5, 5.41) is 12.3. The number of phenols is 1. The molecule has 0 unspecified atom stereocenters. The van der Waals surface area contributed by atoms with Gasteiger partial charge in [0.05, 0.1) is 5.56 Å². The fraction of sp³-hybridized carbons (Fsp3) is 0.133. The number of nitrogens with two attached hydrogens (primary N) is 1. The van der Waals surface area contributed by atoms with Gasteiger partial charge in [-0.2, -0.15) is 0 Å². The predicted octanol–water partition coefficient (Wildman–Crippen LogP) is 2.98. The zero-order valence-corrected chi connectivity index (χ0v) is 11.2. The second-order valence-corrected chi connectivity index (χ2v) is 4.65. The normalized spacial score (nSPS) is 10.3. The van der Waals surface area contributed by atoms with Crippen LogP contribution in [-0.2, 0) is 0 Å². The van der Waals surface area contributed by atoms with Crippen molar-refractivity contribution in [2.24, 2.45) is 0 Å². The smallest absolute Gasteiger partial charge is 0.259 e. The topological polar surface area (TPSA) is 75.3 Å². The monoisotopic (exact) mass is 274 g/mol. The van der Waals surface area contributed by atoms with Crippen molar-refractivity contribution in [3.05, 3.63) is 52.8 Å². The average Bonchev–Trinajstić information content (AvgIpc) is 2.36. The van der Waals surface area contributed by atoms with Crippen LogP contribution in [0.1, 0.15) is 21.5 Å². The third kappa shape index (κ3) is 2.71. The third-order valence-corrected chi connectivity index (χ3v) is 3.00. The number of hydrogen-bond acceptors (Lipinski definition) is 3. The maximum Gasteiger partial charge on any atom is 0.259 e. The van der Waals surface area contributed by atoms with Crippen LogP contribution in [0.2, 0.25) is 0 Å². The van der Waals surface area contributed by atoms with Gasteiger partial charge in [0, 0.05) is 11.4 Å². The van der Waals surface area contributed by atoms with E-state index in [0.29, 0.717) is 11.4 Å². The number of benzene rings is 2. The van der Waals surface area contributed by atoms with Crippen LogP contribution in [0.3, 0.4) is 0 Å². The number of amides is 1. The molecule has 0 atom stereocenters. The molecule has 2 aromatic rings. The number of rotatable bonds is 2. The van der Waals surface area contributed by atoms with Gasteiger partial charge >= 0.3 is 0 Å². The molecule has 0 saturated heterocycles. The molecule has 2 aromatic carbocycles. The van der Waals surface area contributed by atoms with Gasteiger partial charge in [0.1, 0.15) is 11.6 Å². The second-order valence-electron chi connectivity index (χ2n) is 4.65. The lowest BCUT2D eigenvalue weighted by molar-refractivity contribution is 0.102. The van der Waals surface area contributed by atoms with Crippen LogP contribution in [0.5, 0.6) is 5.75 Å². The van der Waals surface area contributed by atoms with E-state index in [2.05, 4.69) is 5.32 Å². The zero-order chi connectivity index (χ0) is 14.9. The van der Waals surface area contributed by atoms with Crippen molar-refractivity contribution in [3.63, 3.8) is 0 Å². The van der Waals surface area contributed by atoms with Crippen molar-refractivity contribution < 1.29 is 14.3 Å². The third-order valence-electron chi connectivity index (χ3n) is 3.00. The second kappa shape index (κ2) is 5.21. The first kappa shape index (κ1) is 13.9. The Bertz CT molecular complexity index is 661. The molecule has 0 heterocycles. The first-order chi connectivity index (χ1) is 9.38. The van der Waals surface area contributed by atoms with Gasteiger partial charge in [0.15, 0.2) is 0 Å². The van der Waals surface area contributed by atoms with E-state index in [0.717, 1.165) is 29.3 Å². The van der Waals surface area contributed by atoms with Crippen molar-refractivity contribution in [2.75, 3.05) is 11.1 Å². The minimum absolute atomic E-state index is 0.111. The van der Waals surface area contributed by atoms with E-state index in [1.165, 1.54) is 0 Å². The minimum Gasteiger partial charge on any atom is -0.507 e. The van der Waals surface area contributed by atoms with Gasteiger partial charge in [0.25, 0.3) is 5.91 Å². The molecule has 0 saturated carbocycles. The molecule has 4 N–H and O–H groups in total. The van der Waals surface area contributed by atoms with Crippen molar-refractivity contribution in [1.29, 1.82) is 0 Å². The fourth-order valence-corrected chi connectivity index (χ4v) is 2.07. The molecular formula is C15H15FN2O2. The Balaban J connectivity index is 2.35. The number of anilines is 2. The summed E-state index contributed by atoms with van der Waals surface area (Å²) in [5.41, 5.74) is 8.41. The van der Waals surface area contributed by atoms with Crippen LogP contribution in [0.4, 0.5) is 15.8 Å². The van der Waals surface area contributed by atoms with Gasteiger partial charge in [0.2, 0.25) is 0 Å². The summed E-state index contributed by atoms with van der Waals surface area (Å²) in [7, 11) is 0. The number of aryl methyl sites for hydroxylation is 2. The molecule has 0 fully saturated rings. The van der Waals surface area contributed by atoms with Gasteiger partial charge in [-0.15, -0.1) is 0 Å². The number of carbonyl (C=O) groups is 1. The molecule has 5 heteroatoms. The van der Waals surface area contributed by atoms with Crippen LogP contribution in [0, 0.1) is 19.7 Å². The number of nitrogens with one attached hydrogen (secondary N) is 1. The lowest BCUT2D eigenvalue weighted by Crippen LogP contribution is -2.14. The predicted molar refractivity (Wildman–Crippen MR) is 76.3 cm³/mol. The molecule has 0 aromatic heterocycles. The maximum atomic E-state index is 13.2. The van der Waals surface area contributed by atoms with E-state index in [1.807, 2.05) is 13.8 Å². The van der Waals surface area contributed by atoms with Crippen LogP contribution in [-0.4, -0.2) is 11.0 Å². The molecule has 20 heavy (non-hydrogen) atoms. The number of nitrogen functional groups attached to an aromatic ring is 1. The zero-order valence-electron chi connectivity index (χ0n) is 11.2. The first-order valence-electron chi connectivity index (χ1n) is 6.05. The summed E-state index contributed by atoms with van der Waals surface area (Å²) in [5.74, 6) is -1.42. The summed E-state index contributed by atoms with van der Waals surface area (Å²) >= 11 is 0. The van der Waals surface area contributed by atoms with Crippen LogP contribution >= 0.6 is 0 Å². The molecule has 0 aliphatic carbocycles. The summed E-state index contributed by atoms with van der Waals surface area (Å²) in [6, 6.07) is 6.69. The molecule has 104 valence electrons. The lowest BCUT2D eigenvalue weighted by atomic mass is 10.1. The van der Waals surface area contributed by atoms with E-state index in [4.69, 9.17) is 5.73 Å². The minimum atomic E-state index is -0.585. The first-order valence-corrected chi connectivity index (χ1v) is 6.05. The molecule has 0 bridgehead atoms. The van der Waals surface area contributed by atoms with Crippen molar-refractivity contribution >= 4 is 17.3 Å². The van der Waals surface area contributed by atoms with Crippen LogP contribution < -0.4 is 11.1 Å². The summed E-state index contributed by atoms with van der Waals surface area (Å²) in [6.45, 7) is 3.62. The highest BCUT2D eigenvalue weighted by molar-refractivity contribution is 6.06. The van der Waals surface area contributed by atoms with Crippen LogP contribution in [0.25, 0.3) is 0 Å². The van der Waals surface area contributed by atoms with Crippen LogP contribution in [0.15, 0.2) is 30.3 Å². The van der Waals surface area contributed by atoms with Gasteiger partial charge in [-0.25, -0.2) is 4.39 Å². The van der Waals surface area contributed by atoms with Crippen molar-refractivity contribution in [1.82, 2.24) is 0 Å². The SMILES string of the molecule is Cc1cc(N)cc(C)c1NC(=O)c1cc(F)ccc1O. The van der Waals surface area contributed by atoms with Crippen molar-refractivity contribution in [2.45, 2.75) is 13.8 Å². The fourth-order valence-electron chi connectivity index (χ4n) is 2.07. The maximum absolute atomic E-state index is 13.2. The van der Waals surface area contributed by atoms with E-state index in [9.17, 15) is 14.3 Å². The molecule has 1 amide bonds. The Kier molecular flexibility index (Phi) is 3.61. The molecule has 0 aliphatic heterocycles. The Labute approximate surface area is 116 Å². The summed E-state index contributed by atoms with van der Waals surface area (Å²) in [4.78, 5) is 12.1. The Morgan fingerprint density at radius 2 is 1.80 bits per heavy atom. The Morgan fingerprint density at radius 3 is 2.40 bits per heavy atom.